The third kappa shape index (κ3) is 7.49. The van der Waals surface area contributed by atoms with Crippen molar-refractivity contribution >= 4 is 15.9 Å². The van der Waals surface area contributed by atoms with Crippen molar-refractivity contribution in [2.45, 2.75) is 45.8 Å². The second-order valence-corrected chi connectivity index (χ2v) is 14.0. The third-order valence-electron chi connectivity index (χ3n) is 7.22. The van der Waals surface area contributed by atoms with Crippen molar-refractivity contribution in [1.29, 1.82) is 0 Å². The fourth-order valence-corrected chi connectivity index (χ4v) is 6.21. The van der Waals surface area contributed by atoms with E-state index in [0.717, 1.165) is 23.8 Å². The lowest BCUT2D eigenvalue weighted by Gasteiger charge is -2.42. The van der Waals surface area contributed by atoms with Crippen molar-refractivity contribution in [2.24, 2.45) is 11.1 Å². The monoisotopic (exact) mass is 606 g/mol. The van der Waals surface area contributed by atoms with E-state index >= 15 is 0 Å². The van der Waals surface area contributed by atoms with Gasteiger partial charge in [-0.3, -0.25) is 0 Å². The van der Waals surface area contributed by atoms with Crippen LogP contribution in [0.25, 0.3) is 11.4 Å². The summed E-state index contributed by atoms with van der Waals surface area (Å²) in [7, 11) is -3.26. The second-order valence-electron chi connectivity index (χ2n) is 11.6. The van der Waals surface area contributed by atoms with E-state index in [1.54, 1.807) is 4.68 Å². The van der Waals surface area contributed by atoms with Gasteiger partial charge in [0.15, 0.2) is 21.5 Å². The van der Waals surface area contributed by atoms with Crippen molar-refractivity contribution < 1.29 is 26.4 Å². The average Bonchev–Trinajstić information content (AvgIpc) is 3.33. The minimum Gasteiger partial charge on any atom is -0.325 e. The van der Waals surface area contributed by atoms with Crippen LogP contribution in [0, 0.1) is 17.0 Å². The number of halogens is 3. The maximum absolute atomic E-state index is 14.9. The molecule has 2 atom stereocenters. The van der Waals surface area contributed by atoms with Gasteiger partial charge in [0.05, 0.1) is 29.7 Å². The minimum absolute atomic E-state index is 0.0140. The van der Waals surface area contributed by atoms with Gasteiger partial charge in [0, 0.05) is 25.7 Å². The van der Waals surface area contributed by atoms with Crippen LogP contribution in [-0.4, -0.2) is 82.9 Å². The molecular formula is C29H37F3N6O3S. The fraction of sp³-hybridized carbons (Fsp3) is 0.483. The van der Waals surface area contributed by atoms with E-state index in [-0.39, 0.29) is 55.5 Å². The van der Waals surface area contributed by atoms with Gasteiger partial charge in [0.25, 0.3) is 0 Å². The smallest absolute Gasteiger partial charge is 0.320 e. The Morgan fingerprint density at radius 2 is 1.76 bits per heavy atom. The van der Waals surface area contributed by atoms with Crippen LogP contribution >= 0.6 is 0 Å². The van der Waals surface area contributed by atoms with E-state index in [0.29, 0.717) is 5.82 Å². The van der Waals surface area contributed by atoms with E-state index < -0.39 is 51.7 Å². The van der Waals surface area contributed by atoms with Crippen LogP contribution in [0.5, 0.6) is 0 Å². The van der Waals surface area contributed by atoms with E-state index in [4.69, 9.17) is 10.7 Å². The highest BCUT2D eigenvalue weighted by molar-refractivity contribution is 7.91. The number of nitrogens with two attached hydrogens (primary N) is 1. The largest absolute Gasteiger partial charge is 0.325 e. The molecule has 1 saturated heterocycles. The number of carbonyl (C=O) groups excluding carboxylic acids is 1. The number of nitrogens with zero attached hydrogens (tertiary/aromatic N) is 5. The van der Waals surface area contributed by atoms with Crippen LogP contribution in [0.4, 0.5) is 18.0 Å². The Hall–Kier alpha value is -3.45. The number of rotatable bonds is 9. The summed E-state index contributed by atoms with van der Waals surface area (Å²) < 4.78 is 68.2. The van der Waals surface area contributed by atoms with Crippen molar-refractivity contribution in [3.63, 3.8) is 0 Å². The summed E-state index contributed by atoms with van der Waals surface area (Å²) in [5.74, 6) is -1.42. The van der Waals surface area contributed by atoms with Crippen LogP contribution in [0.15, 0.2) is 48.5 Å². The molecule has 2 N–H and O–H groups in total. The van der Waals surface area contributed by atoms with Crippen molar-refractivity contribution in [3.8, 4) is 11.4 Å². The van der Waals surface area contributed by atoms with E-state index in [1.165, 1.54) is 9.80 Å². The van der Waals surface area contributed by atoms with Crippen molar-refractivity contribution in [2.75, 3.05) is 37.8 Å². The van der Waals surface area contributed by atoms with Gasteiger partial charge < -0.3 is 15.5 Å². The molecule has 0 saturated carbocycles. The number of hydrogen-bond acceptors (Lipinski definition) is 6. The zero-order chi connectivity index (χ0) is 30.7. The Balaban J connectivity index is 1.85. The van der Waals surface area contributed by atoms with Gasteiger partial charge in [-0.2, -0.15) is 5.10 Å². The average molecular weight is 607 g/mol. The quantitative estimate of drug-likeness (QED) is 0.391. The van der Waals surface area contributed by atoms with Crippen LogP contribution in [0.2, 0.25) is 0 Å². The van der Waals surface area contributed by atoms with Gasteiger partial charge in [-0.1, -0.05) is 51.1 Å². The Morgan fingerprint density at radius 1 is 1.10 bits per heavy atom. The van der Waals surface area contributed by atoms with Crippen LogP contribution in [0.3, 0.4) is 0 Å². The lowest BCUT2D eigenvalue weighted by Crippen LogP contribution is -2.53. The molecule has 1 aliphatic heterocycles. The van der Waals surface area contributed by atoms with Crippen molar-refractivity contribution in [3.05, 3.63) is 71.6 Å². The number of carbonyl (C=O) groups is 1. The first kappa shape index (κ1) is 31.5. The van der Waals surface area contributed by atoms with Crippen LogP contribution < -0.4 is 5.73 Å². The molecule has 2 heterocycles. The molecule has 2 aromatic carbocycles. The molecule has 9 nitrogen and oxygen atoms in total. The Bertz CT molecular complexity index is 1480. The lowest BCUT2D eigenvalue weighted by molar-refractivity contribution is 0.0820. The van der Waals surface area contributed by atoms with Gasteiger partial charge in [-0.15, -0.1) is 0 Å². The molecule has 1 fully saturated rings. The normalized spacial score (nSPS) is 16.7. The number of aromatic nitrogens is 3. The Kier molecular flexibility index (Phi) is 9.61. The SMILES string of the molecule is CC(C)(C)C(c1nc(-c2cc(F)ccc2F)nn1Cc1ccccc1)N(CC[C@H](N)CF)C(=O)N1CCS(=O)(=O)CC1. The van der Waals surface area contributed by atoms with E-state index in [2.05, 4.69) is 5.10 Å². The number of alkyl halides is 1. The van der Waals surface area contributed by atoms with Gasteiger partial charge in [0.2, 0.25) is 0 Å². The molecule has 0 bridgehead atoms. The number of hydrogen-bond donors (Lipinski definition) is 1. The molecule has 228 valence electrons. The molecule has 0 aliphatic carbocycles. The first-order chi connectivity index (χ1) is 19.8. The Labute approximate surface area is 244 Å². The topological polar surface area (TPSA) is 114 Å². The van der Waals surface area contributed by atoms with Gasteiger partial charge in [-0.25, -0.2) is 36.0 Å². The zero-order valence-electron chi connectivity index (χ0n) is 24.0. The molecule has 2 amide bonds. The maximum Gasteiger partial charge on any atom is 0.320 e. The lowest BCUT2D eigenvalue weighted by atomic mass is 9.84. The van der Waals surface area contributed by atoms with Gasteiger partial charge in [-0.05, 0) is 35.6 Å². The molecule has 4 rings (SSSR count). The zero-order valence-corrected chi connectivity index (χ0v) is 24.8. The third-order valence-corrected chi connectivity index (χ3v) is 8.83. The highest BCUT2D eigenvalue weighted by Crippen LogP contribution is 2.39. The number of amides is 2. The van der Waals surface area contributed by atoms with Crippen LogP contribution in [0.1, 0.15) is 44.6 Å². The first-order valence-electron chi connectivity index (χ1n) is 13.8. The highest BCUT2D eigenvalue weighted by atomic mass is 32.2. The molecule has 0 radical (unpaired) electrons. The molecule has 1 unspecified atom stereocenters. The molecular weight excluding hydrogens is 569 g/mol. The minimum atomic E-state index is -3.26. The van der Waals surface area contributed by atoms with Crippen molar-refractivity contribution in [1.82, 2.24) is 24.6 Å². The molecule has 3 aromatic rings. The molecule has 42 heavy (non-hydrogen) atoms. The number of sulfone groups is 1. The summed E-state index contributed by atoms with van der Waals surface area (Å²) in [5, 5.41) is 4.58. The number of benzene rings is 2. The summed E-state index contributed by atoms with van der Waals surface area (Å²) >= 11 is 0. The molecule has 13 heteroatoms. The second kappa shape index (κ2) is 12.8. The van der Waals surface area contributed by atoms with Gasteiger partial charge in [0.1, 0.15) is 18.3 Å². The fourth-order valence-electron chi connectivity index (χ4n) is 5.01. The van der Waals surface area contributed by atoms with E-state index in [1.807, 2.05) is 51.1 Å². The molecule has 0 spiro atoms. The highest BCUT2D eigenvalue weighted by Gasteiger charge is 2.41. The standard InChI is InChI=1S/C29H37F3N6O3S/c1-29(2,3)25(37(12-11-22(33)18-30)28(39)36-13-15-42(40,41)16-14-36)27-34-26(23-17-21(31)9-10-24(23)32)35-38(27)19-20-7-5-4-6-8-20/h4-10,17,22,25H,11-16,18-19,33H2,1-3H3/t22-,25?/m0/s1. The summed E-state index contributed by atoms with van der Waals surface area (Å²) in [6.07, 6.45) is 0.138. The summed E-state index contributed by atoms with van der Waals surface area (Å²) in [6, 6.07) is 10.3. The maximum atomic E-state index is 14.9. The molecule has 1 aliphatic rings. The van der Waals surface area contributed by atoms with Crippen LogP contribution in [-0.2, 0) is 16.4 Å². The predicted octanol–water partition coefficient (Wildman–Crippen LogP) is 4.20. The first-order valence-corrected chi connectivity index (χ1v) is 15.6. The molecule has 1 aromatic heterocycles. The summed E-state index contributed by atoms with van der Waals surface area (Å²) in [5.41, 5.74) is 5.96. The Morgan fingerprint density at radius 3 is 2.38 bits per heavy atom. The summed E-state index contributed by atoms with van der Waals surface area (Å²) in [4.78, 5) is 21.8. The summed E-state index contributed by atoms with van der Waals surface area (Å²) in [6.45, 7) is 5.22. The van der Waals surface area contributed by atoms with Gasteiger partial charge >= 0.3 is 6.03 Å². The predicted molar refractivity (Wildman–Crippen MR) is 154 cm³/mol. The van der Waals surface area contributed by atoms with E-state index in [9.17, 15) is 26.4 Å². The number of urea groups is 1.